The van der Waals surface area contributed by atoms with Crippen molar-refractivity contribution in [3.8, 4) is 0 Å². The second-order valence-corrected chi connectivity index (χ2v) is 6.73. The first-order valence-corrected chi connectivity index (χ1v) is 7.66. The molecule has 0 aliphatic rings. The minimum Gasteiger partial charge on any atom is -0.274 e. The Labute approximate surface area is 113 Å². The number of hydrogen-bond acceptors (Lipinski definition) is 4. The molecule has 0 unspecified atom stereocenters. The van der Waals surface area contributed by atoms with Crippen LogP contribution in [-0.4, -0.2) is 13.4 Å². The lowest BCUT2D eigenvalue weighted by atomic mass is 10.4. The summed E-state index contributed by atoms with van der Waals surface area (Å²) in [7, 11) is -3.87. The highest BCUT2D eigenvalue weighted by atomic mass is 32.2. The predicted octanol–water partition coefficient (Wildman–Crippen LogP) is 2.78. The number of nitrogens with zero attached hydrogens (tertiary/aromatic N) is 1. The predicted molar refractivity (Wildman–Crippen MR) is 68.7 cm³/mol. The summed E-state index contributed by atoms with van der Waals surface area (Å²) in [5, 5.41) is 0. The van der Waals surface area contributed by atoms with Crippen LogP contribution in [0.5, 0.6) is 0 Å². The zero-order valence-electron chi connectivity index (χ0n) is 9.85. The van der Waals surface area contributed by atoms with Crippen LogP contribution in [0.3, 0.4) is 0 Å². The Bertz CT molecular complexity index is 698. The molecule has 0 atom stereocenters. The molecule has 0 aromatic carbocycles. The quantitative estimate of drug-likeness (QED) is 0.884. The fourth-order valence-corrected chi connectivity index (χ4v) is 3.73. The number of anilines is 1. The van der Waals surface area contributed by atoms with E-state index in [1.54, 1.807) is 6.07 Å². The van der Waals surface area contributed by atoms with Crippen molar-refractivity contribution in [3.05, 3.63) is 41.0 Å². The van der Waals surface area contributed by atoms with Crippen molar-refractivity contribution in [3.63, 3.8) is 0 Å². The molecule has 2 aromatic heterocycles. The number of rotatable bonds is 4. The van der Waals surface area contributed by atoms with E-state index in [1.807, 2.05) is 11.6 Å². The fourth-order valence-electron chi connectivity index (χ4n) is 1.38. The van der Waals surface area contributed by atoms with Crippen LogP contribution in [0.4, 0.5) is 14.5 Å². The Morgan fingerprint density at radius 3 is 2.58 bits per heavy atom. The molecule has 0 amide bonds. The normalized spacial score (nSPS) is 11.5. The van der Waals surface area contributed by atoms with Gasteiger partial charge in [0.25, 0.3) is 10.0 Å². The second-order valence-electron chi connectivity index (χ2n) is 3.65. The Kier molecular flexibility index (Phi) is 3.81. The van der Waals surface area contributed by atoms with Crippen molar-refractivity contribution in [1.29, 1.82) is 0 Å². The SMILES string of the molecule is CCc1ccc(S(=O)(=O)Nc2ccc(F)nc2F)s1. The molecule has 1 N–H and O–H groups in total. The number of aryl methyl sites for hydroxylation is 1. The molecule has 2 rings (SSSR count). The van der Waals surface area contributed by atoms with Gasteiger partial charge in [-0.1, -0.05) is 6.92 Å². The number of sulfonamides is 1. The van der Waals surface area contributed by atoms with Crippen LogP contribution in [0.15, 0.2) is 28.5 Å². The van der Waals surface area contributed by atoms with Crippen LogP contribution in [-0.2, 0) is 16.4 Å². The Morgan fingerprint density at radius 1 is 1.26 bits per heavy atom. The lowest BCUT2D eigenvalue weighted by Gasteiger charge is -2.06. The van der Waals surface area contributed by atoms with Crippen LogP contribution in [0.1, 0.15) is 11.8 Å². The van der Waals surface area contributed by atoms with Crippen LogP contribution < -0.4 is 4.72 Å². The summed E-state index contributed by atoms with van der Waals surface area (Å²) >= 11 is 1.10. The van der Waals surface area contributed by atoms with Gasteiger partial charge >= 0.3 is 0 Å². The standard InChI is InChI=1S/C11H10F2N2O2S2/c1-2-7-3-6-10(18-7)19(16,17)15-8-4-5-9(12)14-11(8)13/h3-6,15H,2H2,1H3. The summed E-state index contributed by atoms with van der Waals surface area (Å²) in [5.41, 5.74) is -0.382. The summed E-state index contributed by atoms with van der Waals surface area (Å²) in [5.74, 6) is -2.21. The lowest BCUT2D eigenvalue weighted by Crippen LogP contribution is -2.13. The summed E-state index contributed by atoms with van der Waals surface area (Å²) in [6.07, 6.45) is 0.715. The third-order valence-corrected chi connectivity index (χ3v) is 5.40. The molecule has 0 aliphatic carbocycles. The lowest BCUT2D eigenvalue weighted by molar-refractivity contribution is 0.515. The Morgan fingerprint density at radius 2 is 2.00 bits per heavy atom. The first-order chi connectivity index (χ1) is 8.92. The number of pyridine rings is 1. The monoisotopic (exact) mass is 304 g/mol. The minimum absolute atomic E-state index is 0.0769. The van der Waals surface area contributed by atoms with Gasteiger partial charge in [0, 0.05) is 4.88 Å². The van der Waals surface area contributed by atoms with Crippen molar-refractivity contribution < 1.29 is 17.2 Å². The number of hydrogen-bond donors (Lipinski definition) is 1. The Balaban J connectivity index is 2.30. The van der Waals surface area contributed by atoms with Gasteiger partial charge in [-0.2, -0.15) is 13.8 Å². The zero-order valence-corrected chi connectivity index (χ0v) is 11.5. The molecule has 2 aromatic rings. The van der Waals surface area contributed by atoms with Crippen molar-refractivity contribution in [1.82, 2.24) is 4.98 Å². The molecule has 2 heterocycles. The van der Waals surface area contributed by atoms with Crippen LogP contribution in [0.2, 0.25) is 0 Å². The maximum atomic E-state index is 13.3. The van der Waals surface area contributed by atoms with Crippen LogP contribution >= 0.6 is 11.3 Å². The first kappa shape index (κ1) is 13.9. The zero-order chi connectivity index (χ0) is 14.0. The van der Waals surface area contributed by atoms with Gasteiger partial charge in [-0.15, -0.1) is 11.3 Å². The van der Waals surface area contributed by atoms with Gasteiger partial charge in [-0.25, -0.2) is 8.42 Å². The van der Waals surface area contributed by atoms with Crippen molar-refractivity contribution in [2.45, 2.75) is 17.6 Å². The molecule has 8 heteroatoms. The molecule has 0 saturated heterocycles. The van der Waals surface area contributed by atoms with E-state index < -0.39 is 21.9 Å². The van der Waals surface area contributed by atoms with Gasteiger partial charge in [0.05, 0.1) is 0 Å². The topological polar surface area (TPSA) is 59.1 Å². The van der Waals surface area contributed by atoms with Crippen molar-refractivity contribution >= 4 is 27.0 Å². The summed E-state index contributed by atoms with van der Waals surface area (Å²) < 4.78 is 52.0. The fraction of sp³-hybridized carbons (Fsp3) is 0.182. The highest BCUT2D eigenvalue weighted by Crippen LogP contribution is 2.25. The van der Waals surface area contributed by atoms with Gasteiger partial charge in [0.2, 0.25) is 11.9 Å². The molecule has 0 radical (unpaired) electrons. The third-order valence-electron chi connectivity index (χ3n) is 2.31. The van der Waals surface area contributed by atoms with E-state index in [4.69, 9.17) is 0 Å². The molecule has 0 aliphatic heterocycles. The van der Waals surface area contributed by atoms with E-state index in [2.05, 4.69) is 4.98 Å². The molecule has 0 saturated carbocycles. The van der Waals surface area contributed by atoms with Gasteiger partial charge < -0.3 is 0 Å². The molecule has 0 spiro atoms. The molecular weight excluding hydrogens is 294 g/mol. The van der Waals surface area contributed by atoms with Gasteiger partial charge in [-0.3, -0.25) is 4.72 Å². The summed E-state index contributed by atoms with van der Waals surface area (Å²) in [4.78, 5) is 3.82. The van der Waals surface area contributed by atoms with Gasteiger partial charge in [0.15, 0.2) is 0 Å². The van der Waals surface area contributed by atoms with Gasteiger partial charge in [-0.05, 0) is 30.7 Å². The smallest absolute Gasteiger partial charge is 0.271 e. The molecule has 0 bridgehead atoms. The van der Waals surface area contributed by atoms with E-state index in [0.29, 0.717) is 6.42 Å². The number of aromatic nitrogens is 1. The molecule has 0 fully saturated rings. The van der Waals surface area contributed by atoms with E-state index in [-0.39, 0.29) is 9.90 Å². The highest BCUT2D eigenvalue weighted by Gasteiger charge is 2.19. The summed E-state index contributed by atoms with van der Waals surface area (Å²) in [6.45, 7) is 1.90. The minimum atomic E-state index is -3.87. The van der Waals surface area contributed by atoms with Gasteiger partial charge in [0.1, 0.15) is 9.90 Å². The van der Waals surface area contributed by atoms with E-state index in [9.17, 15) is 17.2 Å². The molecular formula is C11H10F2N2O2S2. The Hall–Kier alpha value is -1.54. The van der Waals surface area contributed by atoms with Crippen molar-refractivity contribution in [2.24, 2.45) is 0 Å². The maximum absolute atomic E-state index is 13.3. The molecule has 102 valence electrons. The maximum Gasteiger partial charge on any atom is 0.271 e. The summed E-state index contributed by atoms with van der Waals surface area (Å²) in [6, 6.07) is 5.01. The van der Waals surface area contributed by atoms with E-state index in [1.165, 1.54) is 6.07 Å². The largest absolute Gasteiger partial charge is 0.274 e. The molecule has 4 nitrogen and oxygen atoms in total. The van der Waals surface area contributed by atoms with Crippen LogP contribution in [0, 0.1) is 11.9 Å². The number of nitrogens with one attached hydrogen (secondary N) is 1. The average Bonchev–Trinajstić information content (AvgIpc) is 2.82. The van der Waals surface area contributed by atoms with E-state index in [0.717, 1.165) is 28.3 Å². The second kappa shape index (κ2) is 5.22. The average molecular weight is 304 g/mol. The van der Waals surface area contributed by atoms with Crippen LogP contribution in [0.25, 0.3) is 0 Å². The highest BCUT2D eigenvalue weighted by molar-refractivity contribution is 7.94. The van der Waals surface area contributed by atoms with E-state index >= 15 is 0 Å². The number of thiophene rings is 1. The van der Waals surface area contributed by atoms with Crippen molar-refractivity contribution in [2.75, 3.05) is 4.72 Å². The number of halogens is 2. The third kappa shape index (κ3) is 3.07. The first-order valence-electron chi connectivity index (χ1n) is 5.36. The molecule has 19 heavy (non-hydrogen) atoms.